The van der Waals surface area contributed by atoms with Gasteiger partial charge in [-0.05, 0) is 67.4 Å². The summed E-state index contributed by atoms with van der Waals surface area (Å²) in [5, 5.41) is 3.63. The van der Waals surface area contributed by atoms with E-state index in [0.717, 1.165) is 36.9 Å². The Morgan fingerprint density at radius 2 is 1.74 bits per heavy atom. The maximum absolute atomic E-state index is 15.3. The van der Waals surface area contributed by atoms with Gasteiger partial charge in [-0.25, -0.2) is 8.78 Å². The van der Waals surface area contributed by atoms with Crippen molar-refractivity contribution < 1.29 is 13.6 Å². The number of Topliss-reactive ketones (excluding diaryl/α,β-unsaturated/α-hetero) is 1. The number of alkyl halides is 2. The monoisotopic (exact) mass is 372 g/mol. The largest absolute Gasteiger partial charge is 0.378 e. The van der Waals surface area contributed by atoms with Crippen LogP contribution in [0.3, 0.4) is 0 Å². The van der Waals surface area contributed by atoms with Crippen molar-refractivity contribution in [3.05, 3.63) is 23.0 Å². The maximum atomic E-state index is 15.3. The summed E-state index contributed by atoms with van der Waals surface area (Å²) < 4.78 is 30.7. The molecule has 0 aliphatic heterocycles. The van der Waals surface area contributed by atoms with Gasteiger partial charge in [-0.3, -0.25) is 9.78 Å². The molecule has 6 bridgehead atoms. The Balaban J connectivity index is 1.42. The molecular weight excluding hydrogens is 346 g/mol. The van der Waals surface area contributed by atoms with Crippen LogP contribution in [0.25, 0.3) is 0 Å². The summed E-state index contributed by atoms with van der Waals surface area (Å²) in [6.45, 7) is 1.58. The molecule has 0 amide bonds. The minimum Gasteiger partial charge on any atom is -0.378 e. The van der Waals surface area contributed by atoms with Gasteiger partial charge in [0.15, 0.2) is 5.78 Å². The first-order valence-corrected chi connectivity index (χ1v) is 10.5. The van der Waals surface area contributed by atoms with E-state index in [-0.39, 0.29) is 18.1 Å². The number of nitrogens with one attached hydrogen (secondary N) is 1. The van der Waals surface area contributed by atoms with Crippen molar-refractivity contribution in [3.8, 4) is 0 Å². The van der Waals surface area contributed by atoms with Crippen LogP contribution in [0.4, 0.5) is 14.5 Å². The second kappa shape index (κ2) is 4.90. The molecular formula is C22H26F2N2O. The van der Waals surface area contributed by atoms with Crippen LogP contribution in [-0.2, 0) is 0 Å². The first-order valence-electron chi connectivity index (χ1n) is 10.5. The van der Waals surface area contributed by atoms with Crippen molar-refractivity contribution in [2.45, 2.75) is 93.4 Å². The minimum atomic E-state index is -1.36. The highest BCUT2D eigenvalue weighted by molar-refractivity contribution is 5.95. The molecule has 5 fully saturated rings. The Bertz CT molecular complexity index is 850. The SMILES string of the molecule is CC(=O)c1ncc(NC23CC4CC(F)(CC(F)(C4)C2)C3)c2c1C1CCC2C1. The zero-order chi connectivity index (χ0) is 18.6. The molecule has 0 aromatic carbocycles. The lowest BCUT2D eigenvalue weighted by Crippen LogP contribution is -2.65. The lowest BCUT2D eigenvalue weighted by Gasteiger charge is -2.61. The lowest BCUT2D eigenvalue weighted by atomic mass is 9.50. The van der Waals surface area contributed by atoms with Gasteiger partial charge in [-0.1, -0.05) is 0 Å². The zero-order valence-electron chi connectivity index (χ0n) is 15.8. The molecule has 5 saturated carbocycles. The molecule has 1 heterocycles. The fourth-order valence-corrected chi connectivity index (χ4v) is 7.91. The van der Waals surface area contributed by atoms with Crippen molar-refractivity contribution in [3.63, 3.8) is 0 Å². The number of fused-ring (bicyclic) bond motifs is 5. The second-order valence-corrected chi connectivity index (χ2v) is 10.3. The van der Waals surface area contributed by atoms with Crippen LogP contribution in [0, 0.1) is 5.92 Å². The third kappa shape index (κ3) is 2.23. The summed E-state index contributed by atoms with van der Waals surface area (Å²) in [7, 11) is 0. The van der Waals surface area contributed by atoms with Crippen molar-refractivity contribution in [1.29, 1.82) is 0 Å². The fraction of sp³-hybridized carbons (Fsp3) is 0.727. The van der Waals surface area contributed by atoms with E-state index in [4.69, 9.17) is 0 Å². The van der Waals surface area contributed by atoms with E-state index < -0.39 is 16.9 Å². The van der Waals surface area contributed by atoms with Crippen molar-refractivity contribution in [1.82, 2.24) is 4.98 Å². The summed E-state index contributed by atoms with van der Waals surface area (Å²) in [5.41, 5.74) is 0.666. The van der Waals surface area contributed by atoms with Gasteiger partial charge < -0.3 is 5.32 Å². The molecule has 1 aromatic rings. The summed E-state index contributed by atoms with van der Waals surface area (Å²) in [5.74, 6) is 1.04. The molecule has 7 rings (SSSR count). The van der Waals surface area contributed by atoms with Crippen LogP contribution < -0.4 is 5.32 Å². The van der Waals surface area contributed by atoms with Crippen LogP contribution in [0.2, 0.25) is 0 Å². The molecule has 6 aliphatic carbocycles. The third-order valence-corrected chi connectivity index (χ3v) is 8.07. The van der Waals surface area contributed by atoms with Gasteiger partial charge >= 0.3 is 0 Å². The number of anilines is 1. The maximum Gasteiger partial charge on any atom is 0.178 e. The van der Waals surface area contributed by atoms with E-state index in [0.29, 0.717) is 43.2 Å². The van der Waals surface area contributed by atoms with Crippen LogP contribution in [0.15, 0.2) is 6.20 Å². The normalized spacial score (nSPS) is 46.0. The topological polar surface area (TPSA) is 42.0 Å². The Hall–Kier alpha value is -1.52. The van der Waals surface area contributed by atoms with E-state index >= 15 is 8.78 Å². The van der Waals surface area contributed by atoms with E-state index in [1.165, 1.54) is 5.56 Å². The zero-order valence-corrected chi connectivity index (χ0v) is 15.8. The van der Waals surface area contributed by atoms with Crippen LogP contribution >= 0.6 is 0 Å². The Morgan fingerprint density at radius 3 is 2.37 bits per heavy atom. The molecule has 4 unspecified atom stereocenters. The summed E-state index contributed by atoms with van der Waals surface area (Å²) in [6.07, 6.45) is 7.89. The van der Waals surface area contributed by atoms with Crippen LogP contribution in [0.5, 0.6) is 0 Å². The molecule has 0 spiro atoms. The number of hydrogen-bond acceptors (Lipinski definition) is 3. The van der Waals surface area contributed by atoms with Crippen LogP contribution in [-0.4, -0.2) is 27.6 Å². The third-order valence-electron chi connectivity index (χ3n) is 8.07. The lowest BCUT2D eigenvalue weighted by molar-refractivity contribution is -0.137. The predicted octanol–water partition coefficient (Wildman–Crippen LogP) is 5.21. The first kappa shape index (κ1) is 16.4. The number of nitrogens with zero attached hydrogens (tertiary/aromatic N) is 1. The van der Waals surface area contributed by atoms with Gasteiger partial charge in [0, 0.05) is 31.7 Å². The van der Waals surface area contributed by atoms with Crippen molar-refractivity contribution in [2.75, 3.05) is 5.32 Å². The highest BCUT2D eigenvalue weighted by Crippen LogP contribution is 2.63. The fourth-order valence-electron chi connectivity index (χ4n) is 7.91. The van der Waals surface area contributed by atoms with Gasteiger partial charge in [-0.15, -0.1) is 0 Å². The smallest absolute Gasteiger partial charge is 0.178 e. The van der Waals surface area contributed by atoms with Crippen molar-refractivity contribution in [2.24, 2.45) is 5.92 Å². The summed E-state index contributed by atoms with van der Waals surface area (Å²) in [4.78, 5) is 16.6. The molecule has 5 heteroatoms. The Morgan fingerprint density at radius 1 is 1.07 bits per heavy atom. The first-order chi connectivity index (χ1) is 12.8. The van der Waals surface area contributed by atoms with Gasteiger partial charge in [0.05, 0.1) is 11.9 Å². The molecule has 0 radical (unpaired) electrons. The summed E-state index contributed by atoms with van der Waals surface area (Å²) in [6, 6.07) is 0. The number of rotatable bonds is 3. The molecule has 144 valence electrons. The van der Waals surface area contributed by atoms with Crippen LogP contribution in [0.1, 0.15) is 98.2 Å². The summed E-state index contributed by atoms with van der Waals surface area (Å²) >= 11 is 0. The number of carbonyl (C=O) groups is 1. The highest BCUT2D eigenvalue weighted by atomic mass is 19.2. The Labute approximate surface area is 158 Å². The quantitative estimate of drug-likeness (QED) is 0.740. The number of carbonyl (C=O) groups excluding carboxylic acids is 1. The van der Waals surface area contributed by atoms with E-state index in [2.05, 4.69) is 10.3 Å². The van der Waals surface area contributed by atoms with Gasteiger partial charge in [0.1, 0.15) is 17.0 Å². The molecule has 3 nitrogen and oxygen atoms in total. The van der Waals surface area contributed by atoms with E-state index in [9.17, 15) is 4.79 Å². The average Bonchev–Trinajstić information content (AvgIpc) is 3.13. The van der Waals surface area contributed by atoms with Gasteiger partial charge in [-0.2, -0.15) is 0 Å². The number of ketones is 1. The number of pyridine rings is 1. The average molecular weight is 372 g/mol. The molecule has 6 aliphatic rings. The number of hydrogen-bond donors (Lipinski definition) is 1. The molecule has 1 aromatic heterocycles. The number of aromatic nitrogens is 1. The predicted molar refractivity (Wildman–Crippen MR) is 98.8 cm³/mol. The van der Waals surface area contributed by atoms with Gasteiger partial charge in [0.25, 0.3) is 0 Å². The standard InChI is InChI=1S/C22H26F2N2O/c1-12(27)19-18-15-3-2-14(4-15)17(18)16(8-25-19)26-22-7-13-5-20(23,10-22)9-21(24,6-13)11-22/h8,13-15,26H,2-7,9-11H2,1H3. The van der Waals surface area contributed by atoms with Gasteiger partial charge in [0.2, 0.25) is 0 Å². The highest BCUT2D eigenvalue weighted by Gasteiger charge is 2.65. The molecule has 4 atom stereocenters. The minimum absolute atomic E-state index is 0.0191. The van der Waals surface area contributed by atoms with Crippen molar-refractivity contribution >= 4 is 11.5 Å². The van der Waals surface area contributed by atoms with E-state index in [1.54, 1.807) is 13.1 Å². The molecule has 27 heavy (non-hydrogen) atoms. The molecule has 0 saturated heterocycles. The molecule has 1 N–H and O–H groups in total. The second-order valence-electron chi connectivity index (χ2n) is 10.3. The van der Waals surface area contributed by atoms with E-state index in [1.807, 2.05) is 0 Å². The Kier molecular flexibility index (Phi) is 2.98. The number of halogens is 2.